The van der Waals surface area contributed by atoms with Crippen LogP contribution in [0.2, 0.25) is 0 Å². The highest BCUT2D eigenvalue weighted by Gasteiger charge is 2.51. The van der Waals surface area contributed by atoms with E-state index < -0.39 is 11.4 Å². The second-order valence-electron chi connectivity index (χ2n) is 7.26. The molecule has 1 spiro atoms. The average molecular weight is 383 g/mol. The van der Waals surface area contributed by atoms with E-state index in [2.05, 4.69) is 10.6 Å². The Bertz CT molecular complexity index is 1010. The average Bonchev–Trinajstić information content (AvgIpc) is 3.25. The largest absolute Gasteiger partial charge is 0.451 e. The number of fused-ring (bicyclic) bond motifs is 1. The summed E-state index contributed by atoms with van der Waals surface area (Å²) in [4.78, 5) is 50.2. The number of rotatable bonds is 5. The number of nitrogens with zero attached hydrogens (tertiary/aromatic N) is 1. The highest BCUT2D eigenvalue weighted by atomic mass is 16.3. The zero-order chi connectivity index (χ0) is 19.7. The van der Waals surface area contributed by atoms with Crippen LogP contribution in [0.3, 0.4) is 0 Å². The first-order chi connectivity index (χ1) is 13.5. The molecule has 2 aliphatic rings. The van der Waals surface area contributed by atoms with Crippen molar-refractivity contribution in [2.75, 3.05) is 13.1 Å². The lowest BCUT2D eigenvalue weighted by atomic mass is 9.98. The summed E-state index contributed by atoms with van der Waals surface area (Å²) in [7, 11) is 0. The van der Waals surface area contributed by atoms with Crippen LogP contribution in [0.4, 0.5) is 4.79 Å². The number of carbonyl (C=O) groups excluding carboxylic acids is 3. The molecule has 1 aromatic carbocycles. The molecule has 1 aromatic heterocycles. The number of amides is 4. The van der Waals surface area contributed by atoms with Gasteiger partial charge in [-0.15, -0.1) is 0 Å². The van der Waals surface area contributed by atoms with Crippen molar-refractivity contribution in [2.24, 2.45) is 0 Å². The monoisotopic (exact) mass is 383 g/mol. The molecule has 8 nitrogen and oxygen atoms in total. The number of carbonyl (C=O) groups is 3. The van der Waals surface area contributed by atoms with Gasteiger partial charge in [0.05, 0.1) is 5.39 Å². The van der Waals surface area contributed by atoms with Gasteiger partial charge in [-0.2, -0.15) is 0 Å². The van der Waals surface area contributed by atoms with Crippen molar-refractivity contribution in [3.05, 3.63) is 46.3 Å². The summed E-state index contributed by atoms with van der Waals surface area (Å²) in [5.41, 5.74) is -0.649. The summed E-state index contributed by atoms with van der Waals surface area (Å²) in [6.07, 6.45) is 3.66. The highest BCUT2D eigenvalue weighted by molar-refractivity contribution is 6.07. The van der Waals surface area contributed by atoms with Crippen molar-refractivity contribution in [1.82, 2.24) is 15.5 Å². The van der Waals surface area contributed by atoms with E-state index in [4.69, 9.17) is 4.42 Å². The standard InChI is InChI=1S/C20H21N3O5/c24-14-12-16(28-15-7-2-1-6-13(14)15)17(25)21-10-5-11-23-18(26)20(22-19(23)27)8-3-4-9-20/h1-2,6-7,12H,3-5,8-11H2,(H,21,25)(H,22,27). The van der Waals surface area contributed by atoms with Crippen molar-refractivity contribution in [2.45, 2.75) is 37.6 Å². The predicted octanol–water partition coefficient (Wildman–Crippen LogP) is 1.78. The molecule has 8 heteroatoms. The van der Waals surface area contributed by atoms with E-state index in [0.29, 0.717) is 30.2 Å². The van der Waals surface area contributed by atoms with Crippen LogP contribution in [0.15, 0.2) is 39.5 Å². The Morgan fingerprint density at radius 3 is 2.71 bits per heavy atom. The first kappa shape index (κ1) is 18.2. The van der Waals surface area contributed by atoms with Crippen LogP contribution in [-0.4, -0.2) is 41.4 Å². The van der Waals surface area contributed by atoms with Gasteiger partial charge >= 0.3 is 6.03 Å². The van der Waals surface area contributed by atoms with Crippen LogP contribution in [0.1, 0.15) is 42.7 Å². The molecule has 2 fully saturated rings. The zero-order valence-corrected chi connectivity index (χ0v) is 15.3. The zero-order valence-electron chi connectivity index (χ0n) is 15.3. The van der Waals surface area contributed by atoms with Crippen LogP contribution in [0.25, 0.3) is 11.0 Å². The van der Waals surface area contributed by atoms with Crippen LogP contribution in [0, 0.1) is 0 Å². The molecule has 28 heavy (non-hydrogen) atoms. The molecule has 2 aromatic rings. The van der Waals surface area contributed by atoms with E-state index in [1.165, 1.54) is 11.0 Å². The van der Waals surface area contributed by atoms with Crippen LogP contribution in [0.5, 0.6) is 0 Å². The Kier molecular flexibility index (Phi) is 4.62. The van der Waals surface area contributed by atoms with E-state index in [-0.39, 0.29) is 36.2 Å². The molecule has 1 aliphatic carbocycles. The molecule has 4 rings (SSSR count). The molecule has 1 saturated heterocycles. The van der Waals surface area contributed by atoms with Crippen LogP contribution >= 0.6 is 0 Å². The Hall–Kier alpha value is -3.16. The minimum Gasteiger partial charge on any atom is -0.451 e. The molecular formula is C20H21N3O5. The third-order valence-electron chi connectivity index (χ3n) is 5.41. The van der Waals surface area contributed by atoms with Gasteiger partial charge in [-0.05, 0) is 31.4 Å². The van der Waals surface area contributed by atoms with Gasteiger partial charge < -0.3 is 15.1 Å². The van der Waals surface area contributed by atoms with Gasteiger partial charge in [0.1, 0.15) is 11.1 Å². The number of para-hydroxylation sites is 1. The normalized spacial score (nSPS) is 18.1. The van der Waals surface area contributed by atoms with Gasteiger partial charge in [-0.3, -0.25) is 19.3 Å². The third kappa shape index (κ3) is 3.15. The number of nitrogens with one attached hydrogen (secondary N) is 2. The summed E-state index contributed by atoms with van der Waals surface area (Å²) in [5.74, 6) is -0.738. The van der Waals surface area contributed by atoms with E-state index in [1.54, 1.807) is 24.3 Å². The van der Waals surface area contributed by atoms with E-state index in [9.17, 15) is 19.2 Å². The topological polar surface area (TPSA) is 109 Å². The first-order valence-electron chi connectivity index (χ1n) is 9.45. The molecule has 2 heterocycles. The van der Waals surface area contributed by atoms with Gasteiger partial charge in [-0.25, -0.2) is 4.79 Å². The summed E-state index contributed by atoms with van der Waals surface area (Å²) in [5, 5.41) is 5.91. The Morgan fingerprint density at radius 2 is 1.93 bits per heavy atom. The third-order valence-corrected chi connectivity index (χ3v) is 5.41. The number of hydrogen-bond acceptors (Lipinski definition) is 5. The quantitative estimate of drug-likeness (QED) is 0.604. The van der Waals surface area contributed by atoms with Gasteiger partial charge in [0.15, 0.2) is 11.2 Å². The van der Waals surface area contributed by atoms with Gasteiger partial charge in [-0.1, -0.05) is 25.0 Å². The Balaban J connectivity index is 1.33. The van der Waals surface area contributed by atoms with Gasteiger partial charge in [0.2, 0.25) is 0 Å². The fourth-order valence-electron chi connectivity index (χ4n) is 3.94. The second-order valence-corrected chi connectivity index (χ2v) is 7.26. The SMILES string of the molecule is O=C(NCCCN1C(=O)NC2(CCCC2)C1=O)c1cc(=O)c2ccccc2o1. The van der Waals surface area contributed by atoms with Gasteiger partial charge in [0, 0.05) is 19.2 Å². The smallest absolute Gasteiger partial charge is 0.325 e. The lowest BCUT2D eigenvalue weighted by Crippen LogP contribution is -2.44. The number of benzene rings is 1. The van der Waals surface area contributed by atoms with Crippen LogP contribution in [-0.2, 0) is 4.79 Å². The summed E-state index contributed by atoms with van der Waals surface area (Å²) in [6.45, 7) is 0.480. The first-order valence-corrected chi connectivity index (χ1v) is 9.45. The molecule has 2 N–H and O–H groups in total. The minimum atomic E-state index is -0.713. The summed E-state index contributed by atoms with van der Waals surface area (Å²) >= 11 is 0. The maximum Gasteiger partial charge on any atom is 0.325 e. The van der Waals surface area contributed by atoms with Crippen molar-refractivity contribution in [3.63, 3.8) is 0 Å². The molecule has 0 bridgehead atoms. The predicted molar refractivity (Wildman–Crippen MR) is 101 cm³/mol. The van der Waals surface area contributed by atoms with Crippen molar-refractivity contribution >= 4 is 28.8 Å². The van der Waals surface area contributed by atoms with Gasteiger partial charge in [0.25, 0.3) is 11.8 Å². The molecule has 0 radical (unpaired) electrons. The molecule has 0 atom stereocenters. The minimum absolute atomic E-state index is 0.0661. The van der Waals surface area contributed by atoms with E-state index in [0.717, 1.165) is 12.8 Å². The molecule has 4 amide bonds. The molecule has 1 aliphatic heterocycles. The number of hydrogen-bond donors (Lipinski definition) is 2. The molecular weight excluding hydrogens is 362 g/mol. The highest BCUT2D eigenvalue weighted by Crippen LogP contribution is 2.34. The number of urea groups is 1. The maximum atomic E-state index is 12.6. The lowest BCUT2D eigenvalue weighted by molar-refractivity contribution is -0.131. The lowest BCUT2D eigenvalue weighted by Gasteiger charge is -2.20. The van der Waals surface area contributed by atoms with Crippen LogP contribution < -0.4 is 16.1 Å². The van der Waals surface area contributed by atoms with E-state index in [1.807, 2.05) is 0 Å². The summed E-state index contributed by atoms with van der Waals surface area (Å²) in [6, 6.07) is 7.52. The van der Waals surface area contributed by atoms with Crippen molar-refractivity contribution in [1.29, 1.82) is 0 Å². The van der Waals surface area contributed by atoms with Crippen molar-refractivity contribution < 1.29 is 18.8 Å². The molecule has 146 valence electrons. The fourth-order valence-corrected chi connectivity index (χ4v) is 3.94. The molecule has 0 unspecified atom stereocenters. The van der Waals surface area contributed by atoms with E-state index >= 15 is 0 Å². The molecule has 1 saturated carbocycles. The van der Waals surface area contributed by atoms with Crippen molar-refractivity contribution in [3.8, 4) is 0 Å². The maximum absolute atomic E-state index is 12.6. The second kappa shape index (κ2) is 7.10. The fraction of sp³-hybridized carbons (Fsp3) is 0.400. The summed E-state index contributed by atoms with van der Waals surface area (Å²) < 4.78 is 5.49. The number of imide groups is 1. The Morgan fingerprint density at radius 1 is 1.18 bits per heavy atom. The Labute approximate surface area is 160 Å².